The number of piperidine rings is 1. The molecule has 2 rings (SSSR count). The normalized spacial score (nSPS) is 43.9. The van der Waals surface area contributed by atoms with Crippen LogP contribution in [0.15, 0.2) is 0 Å². The van der Waals surface area contributed by atoms with Gasteiger partial charge in [-0.3, -0.25) is 5.23 Å². The fraction of sp³-hybridized carbons (Fsp3) is 1.00. The molecule has 5 atom stereocenters. The van der Waals surface area contributed by atoms with E-state index in [0.717, 1.165) is 32.2 Å². The molecule has 0 radical (unpaired) electrons. The molecule has 1 heterocycles. The Labute approximate surface area is 102 Å². The maximum Gasteiger partial charge on any atom is 0.0696 e. The standard InChI is InChI=1S/C12H23N2O3/c1-8-4-5-9(7-10(8)14(16)17)12-11(15)3-2-6-13-12/h8-13,15-16H,2-7H2,1H3/q-1. The lowest BCUT2D eigenvalue weighted by Crippen LogP contribution is -2.52. The first-order valence-electron chi connectivity index (χ1n) is 6.66. The third kappa shape index (κ3) is 2.98. The molecule has 1 aliphatic heterocycles. The monoisotopic (exact) mass is 243 g/mol. The van der Waals surface area contributed by atoms with Crippen molar-refractivity contribution in [3.05, 3.63) is 5.21 Å². The van der Waals surface area contributed by atoms with Gasteiger partial charge in [-0.1, -0.05) is 6.92 Å². The van der Waals surface area contributed by atoms with Gasteiger partial charge in [0.2, 0.25) is 0 Å². The maximum atomic E-state index is 11.1. The molecule has 5 unspecified atom stereocenters. The van der Waals surface area contributed by atoms with Crippen LogP contribution >= 0.6 is 0 Å². The summed E-state index contributed by atoms with van der Waals surface area (Å²) in [7, 11) is 0. The molecule has 0 spiro atoms. The molecule has 0 amide bonds. The van der Waals surface area contributed by atoms with Crippen molar-refractivity contribution in [2.75, 3.05) is 6.54 Å². The van der Waals surface area contributed by atoms with Gasteiger partial charge in [0.25, 0.3) is 0 Å². The van der Waals surface area contributed by atoms with Gasteiger partial charge in [0.15, 0.2) is 0 Å². The van der Waals surface area contributed by atoms with E-state index in [2.05, 4.69) is 5.32 Å². The molecule has 0 aromatic carbocycles. The molecule has 1 saturated heterocycles. The molecule has 100 valence electrons. The molecular weight excluding hydrogens is 220 g/mol. The van der Waals surface area contributed by atoms with Crippen LogP contribution in [0.4, 0.5) is 0 Å². The van der Waals surface area contributed by atoms with Crippen molar-refractivity contribution in [2.24, 2.45) is 11.8 Å². The molecule has 1 aliphatic carbocycles. The van der Waals surface area contributed by atoms with E-state index in [1.165, 1.54) is 0 Å². The summed E-state index contributed by atoms with van der Waals surface area (Å²) in [5.74, 6) is 0.532. The number of nitrogens with zero attached hydrogens (tertiary/aromatic N) is 1. The number of hydroxylamine groups is 2. The zero-order valence-electron chi connectivity index (χ0n) is 10.4. The summed E-state index contributed by atoms with van der Waals surface area (Å²) in [5.41, 5.74) is 0. The summed E-state index contributed by atoms with van der Waals surface area (Å²) in [6.45, 7) is 2.95. The average molecular weight is 243 g/mol. The zero-order valence-corrected chi connectivity index (χ0v) is 10.4. The maximum absolute atomic E-state index is 11.1. The second kappa shape index (κ2) is 5.63. The first-order valence-corrected chi connectivity index (χ1v) is 6.66. The molecule has 5 nitrogen and oxygen atoms in total. The predicted molar refractivity (Wildman–Crippen MR) is 64.3 cm³/mol. The van der Waals surface area contributed by atoms with E-state index in [0.29, 0.717) is 12.3 Å². The van der Waals surface area contributed by atoms with Crippen LogP contribution in [0, 0.1) is 17.0 Å². The molecule has 0 aromatic heterocycles. The van der Waals surface area contributed by atoms with Gasteiger partial charge in [-0.15, -0.1) is 0 Å². The van der Waals surface area contributed by atoms with Crippen LogP contribution in [0.2, 0.25) is 0 Å². The fourth-order valence-corrected chi connectivity index (χ4v) is 3.34. The smallest absolute Gasteiger partial charge is 0.0696 e. The highest BCUT2D eigenvalue weighted by atomic mass is 16.8. The molecule has 3 N–H and O–H groups in total. The Kier molecular flexibility index (Phi) is 4.38. The van der Waals surface area contributed by atoms with E-state index < -0.39 is 0 Å². The Bertz CT molecular complexity index is 250. The fourth-order valence-electron chi connectivity index (χ4n) is 3.34. The first kappa shape index (κ1) is 13.2. The highest BCUT2D eigenvalue weighted by Crippen LogP contribution is 2.35. The minimum Gasteiger partial charge on any atom is -0.762 e. The summed E-state index contributed by atoms with van der Waals surface area (Å²) in [6.07, 6.45) is 4.20. The van der Waals surface area contributed by atoms with Gasteiger partial charge in [0.1, 0.15) is 0 Å². The van der Waals surface area contributed by atoms with E-state index >= 15 is 0 Å². The molecule has 1 saturated carbocycles. The summed E-state index contributed by atoms with van der Waals surface area (Å²) in [6, 6.07) is -0.219. The topological polar surface area (TPSA) is 78.8 Å². The summed E-state index contributed by atoms with van der Waals surface area (Å²) in [5, 5.41) is 33.7. The van der Waals surface area contributed by atoms with E-state index in [1.54, 1.807) is 0 Å². The SMILES string of the molecule is CC1CCC(C2NCCCC2O)CC1N([O-])O. The Morgan fingerprint density at radius 2 is 2.06 bits per heavy atom. The van der Waals surface area contributed by atoms with Gasteiger partial charge < -0.3 is 20.8 Å². The van der Waals surface area contributed by atoms with Crippen LogP contribution in [0.25, 0.3) is 0 Å². The van der Waals surface area contributed by atoms with E-state index in [9.17, 15) is 10.3 Å². The summed E-state index contributed by atoms with van der Waals surface area (Å²) in [4.78, 5) is 0. The highest BCUT2D eigenvalue weighted by molar-refractivity contribution is 4.92. The first-order chi connectivity index (χ1) is 8.09. The van der Waals surface area contributed by atoms with Crippen molar-refractivity contribution < 1.29 is 10.3 Å². The van der Waals surface area contributed by atoms with E-state index in [1.807, 2.05) is 6.92 Å². The lowest BCUT2D eigenvalue weighted by Gasteiger charge is -2.45. The second-order valence-electron chi connectivity index (χ2n) is 5.61. The summed E-state index contributed by atoms with van der Waals surface area (Å²) >= 11 is 0. The van der Waals surface area contributed by atoms with Crippen LogP contribution in [0.3, 0.4) is 0 Å². The Morgan fingerprint density at radius 3 is 2.71 bits per heavy atom. The number of aliphatic hydroxyl groups excluding tert-OH is 1. The number of hydrogen-bond acceptors (Lipinski definition) is 5. The van der Waals surface area contributed by atoms with Crippen LogP contribution in [-0.2, 0) is 0 Å². The van der Waals surface area contributed by atoms with Gasteiger partial charge in [-0.2, -0.15) is 0 Å². The minimum absolute atomic E-state index is 0.0960. The molecule has 5 heteroatoms. The summed E-state index contributed by atoms with van der Waals surface area (Å²) < 4.78 is 0. The van der Waals surface area contributed by atoms with Crippen molar-refractivity contribution in [1.82, 2.24) is 10.5 Å². The molecule has 2 fully saturated rings. The van der Waals surface area contributed by atoms with Crippen LogP contribution < -0.4 is 5.32 Å². The van der Waals surface area contributed by atoms with Crippen LogP contribution in [0.1, 0.15) is 39.0 Å². The highest BCUT2D eigenvalue weighted by Gasteiger charge is 2.36. The molecule has 0 aromatic rings. The number of aliphatic hydroxyl groups is 1. The molecule has 17 heavy (non-hydrogen) atoms. The van der Waals surface area contributed by atoms with Crippen molar-refractivity contribution in [1.29, 1.82) is 0 Å². The van der Waals surface area contributed by atoms with Gasteiger partial charge >= 0.3 is 0 Å². The minimum atomic E-state index is -0.315. The Hall–Kier alpha value is -0.200. The number of nitrogens with one attached hydrogen (secondary N) is 1. The van der Waals surface area contributed by atoms with Crippen LogP contribution in [0.5, 0.6) is 0 Å². The number of rotatable bonds is 2. The second-order valence-corrected chi connectivity index (χ2v) is 5.61. The molecular formula is C12H23N2O3-. The Balaban J connectivity index is 1.97. The Morgan fingerprint density at radius 1 is 1.29 bits per heavy atom. The van der Waals surface area contributed by atoms with Crippen LogP contribution in [-0.4, -0.2) is 40.3 Å². The van der Waals surface area contributed by atoms with E-state index in [-0.39, 0.29) is 29.3 Å². The van der Waals surface area contributed by atoms with Crippen molar-refractivity contribution in [3.8, 4) is 0 Å². The van der Waals surface area contributed by atoms with Gasteiger partial charge in [0, 0.05) is 12.1 Å². The average Bonchev–Trinajstić information content (AvgIpc) is 2.30. The van der Waals surface area contributed by atoms with Crippen molar-refractivity contribution in [3.63, 3.8) is 0 Å². The molecule has 0 bridgehead atoms. The van der Waals surface area contributed by atoms with Gasteiger partial charge in [-0.05, 0) is 50.5 Å². The quantitative estimate of drug-likeness (QED) is 0.633. The third-order valence-electron chi connectivity index (χ3n) is 4.46. The van der Waals surface area contributed by atoms with Crippen molar-refractivity contribution in [2.45, 2.75) is 57.2 Å². The lowest BCUT2D eigenvalue weighted by atomic mass is 9.74. The third-order valence-corrected chi connectivity index (χ3v) is 4.46. The zero-order chi connectivity index (χ0) is 12.4. The van der Waals surface area contributed by atoms with Gasteiger partial charge in [-0.25, -0.2) is 0 Å². The van der Waals surface area contributed by atoms with Crippen molar-refractivity contribution >= 4 is 0 Å². The molecule has 2 aliphatic rings. The van der Waals surface area contributed by atoms with E-state index in [4.69, 9.17) is 5.21 Å². The predicted octanol–water partition coefficient (Wildman–Crippen LogP) is 1.09. The largest absolute Gasteiger partial charge is 0.762 e. The lowest BCUT2D eigenvalue weighted by molar-refractivity contribution is -0.115. The van der Waals surface area contributed by atoms with Gasteiger partial charge in [0.05, 0.1) is 6.10 Å². The number of hydrogen-bond donors (Lipinski definition) is 3.